The van der Waals surface area contributed by atoms with Gasteiger partial charge in [-0.2, -0.15) is 0 Å². The number of carbonyl (C=O) groups excluding carboxylic acids is 3. The van der Waals surface area contributed by atoms with E-state index in [0.717, 1.165) is 12.0 Å². The van der Waals surface area contributed by atoms with Crippen LogP contribution < -0.4 is 5.32 Å². The van der Waals surface area contributed by atoms with Crippen molar-refractivity contribution in [2.24, 2.45) is 0 Å². The predicted octanol–water partition coefficient (Wildman–Crippen LogP) is 2.63. The number of alkyl carbamates (subject to hydrolysis) is 1. The molecule has 0 spiro atoms. The second kappa shape index (κ2) is 8.88. The van der Waals surface area contributed by atoms with Crippen molar-refractivity contribution in [3.63, 3.8) is 0 Å². The number of carbonyl (C=O) groups is 3. The molecule has 1 aromatic rings. The van der Waals surface area contributed by atoms with Crippen LogP contribution in [0.4, 0.5) is 4.79 Å². The van der Waals surface area contributed by atoms with Gasteiger partial charge in [0, 0.05) is 6.54 Å². The van der Waals surface area contributed by atoms with Gasteiger partial charge in [0.05, 0.1) is 0 Å². The summed E-state index contributed by atoms with van der Waals surface area (Å²) in [5.74, 6) is -0.741. The molecule has 1 saturated heterocycles. The molecule has 0 aliphatic carbocycles. The third kappa shape index (κ3) is 6.27. The first-order valence-electron chi connectivity index (χ1n) is 9.18. The van der Waals surface area contributed by atoms with Gasteiger partial charge in [-0.1, -0.05) is 30.3 Å². The molecule has 1 heterocycles. The Bertz CT molecular complexity index is 669. The number of esters is 1. The zero-order valence-corrected chi connectivity index (χ0v) is 16.4. The van der Waals surface area contributed by atoms with Gasteiger partial charge < -0.3 is 19.7 Å². The number of benzene rings is 1. The molecule has 2 rings (SSSR count). The molecular weight excluding hydrogens is 348 g/mol. The van der Waals surface area contributed by atoms with Gasteiger partial charge in [0.15, 0.2) is 0 Å². The first-order valence-corrected chi connectivity index (χ1v) is 9.18. The highest BCUT2D eigenvalue weighted by Crippen LogP contribution is 2.20. The molecule has 0 aromatic heterocycles. The summed E-state index contributed by atoms with van der Waals surface area (Å²) in [5.41, 5.74) is 0.242. The number of likely N-dealkylation sites (tertiary alicyclic amines) is 1. The molecule has 1 aliphatic rings. The minimum absolute atomic E-state index is 0.171. The number of nitrogens with zero attached hydrogens (tertiary/aromatic N) is 1. The van der Waals surface area contributed by atoms with Crippen LogP contribution in [0.2, 0.25) is 0 Å². The van der Waals surface area contributed by atoms with Crippen molar-refractivity contribution >= 4 is 18.0 Å². The predicted molar refractivity (Wildman–Crippen MR) is 99.8 cm³/mol. The van der Waals surface area contributed by atoms with E-state index in [9.17, 15) is 14.4 Å². The first-order chi connectivity index (χ1) is 12.7. The lowest BCUT2D eigenvalue weighted by Crippen LogP contribution is -2.51. The minimum Gasteiger partial charge on any atom is -0.459 e. The maximum atomic E-state index is 12.7. The summed E-state index contributed by atoms with van der Waals surface area (Å²) >= 11 is 0. The van der Waals surface area contributed by atoms with Gasteiger partial charge in [0.1, 0.15) is 24.3 Å². The van der Waals surface area contributed by atoms with E-state index in [1.807, 2.05) is 30.3 Å². The highest BCUT2D eigenvalue weighted by molar-refractivity contribution is 5.90. The van der Waals surface area contributed by atoms with E-state index in [2.05, 4.69) is 5.32 Å². The topological polar surface area (TPSA) is 84.9 Å². The molecule has 0 radical (unpaired) electrons. The Kier molecular flexibility index (Phi) is 6.82. The molecule has 2 unspecified atom stereocenters. The summed E-state index contributed by atoms with van der Waals surface area (Å²) in [6.45, 7) is 7.46. The van der Waals surface area contributed by atoms with Crippen LogP contribution in [0, 0.1) is 0 Å². The molecule has 7 heteroatoms. The summed E-state index contributed by atoms with van der Waals surface area (Å²) in [4.78, 5) is 38.5. The Morgan fingerprint density at radius 1 is 1.22 bits per heavy atom. The third-order valence-corrected chi connectivity index (χ3v) is 4.14. The minimum atomic E-state index is -0.789. The average molecular weight is 376 g/mol. The monoisotopic (exact) mass is 376 g/mol. The van der Waals surface area contributed by atoms with Crippen molar-refractivity contribution in [2.45, 2.75) is 64.8 Å². The summed E-state index contributed by atoms with van der Waals surface area (Å²) in [6.07, 6.45) is 0.611. The van der Waals surface area contributed by atoms with E-state index in [-0.39, 0.29) is 12.5 Å². The Balaban J connectivity index is 1.90. The Hall–Kier alpha value is -2.57. The summed E-state index contributed by atoms with van der Waals surface area (Å²) in [5, 5.41) is 2.53. The Morgan fingerprint density at radius 3 is 2.52 bits per heavy atom. The van der Waals surface area contributed by atoms with Gasteiger partial charge >= 0.3 is 12.1 Å². The van der Waals surface area contributed by atoms with E-state index < -0.39 is 29.7 Å². The molecule has 7 nitrogen and oxygen atoms in total. The van der Waals surface area contributed by atoms with Crippen molar-refractivity contribution in [2.75, 3.05) is 6.54 Å². The lowest BCUT2D eigenvalue weighted by Gasteiger charge is -2.27. The maximum absolute atomic E-state index is 12.7. The van der Waals surface area contributed by atoms with Crippen LogP contribution >= 0.6 is 0 Å². The highest BCUT2D eigenvalue weighted by Gasteiger charge is 2.37. The highest BCUT2D eigenvalue weighted by atomic mass is 16.6. The molecular formula is C20H28N2O5. The molecule has 1 aliphatic heterocycles. The summed E-state index contributed by atoms with van der Waals surface area (Å²) in [6, 6.07) is 7.97. The zero-order chi connectivity index (χ0) is 20.0. The largest absolute Gasteiger partial charge is 0.459 e. The number of hydrogen-bond acceptors (Lipinski definition) is 5. The number of nitrogens with one attached hydrogen (secondary N) is 1. The molecule has 27 heavy (non-hydrogen) atoms. The van der Waals surface area contributed by atoms with Gasteiger partial charge in [0.2, 0.25) is 5.91 Å². The van der Waals surface area contributed by atoms with Gasteiger partial charge in [-0.05, 0) is 46.1 Å². The van der Waals surface area contributed by atoms with E-state index in [4.69, 9.17) is 9.47 Å². The zero-order valence-electron chi connectivity index (χ0n) is 16.4. The van der Waals surface area contributed by atoms with E-state index in [1.54, 1.807) is 27.7 Å². The second-order valence-electron chi connectivity index (χ2n) is 7.65. The molecule has 1 fully saturated rings. The van der Waals surface area contributed by atoms with Gasteiger partial charge in [-0.15, -0.1) is 0 Å². The van der Waals surface area contributed by atoms with Gasteiger partial charge in [-0.25, -0.2) is 9.59 Å². The standard InChI is InChI=1S/C20H28N2O5/c1-14(21-19(25)27-20(2,3)4)17(23)22-12-8-11-16(22)18(24)26-13-15-9-6-5-7-10-15/h5-7,9-10,14,16H,8,11-13H2,1-4H3,(H,21,25). The number of amides is 2. The van der Waals surface area contributed by atoms with E-state index in [1.165, 1.54) is 4.90 Å². The van der Waals surface area contributed by atoms with Gasteiger partial charge in [0.25, 0.3) is 0 Å². The number of hydrogen-bond donors (Lipinski definition) is 1. The summed E-state index contributed by atoms with van der Waals surface area (Å²) in [7, 11) is 0. The van der Waals surface area contributed by atoms with Crippen LogP contribution in [0.25, 0.3) is 0 Å². The van der Waals surface area contributed by atoms with E-state index in [0.29, 0.717) is 13.0 Å². The van der Waals surface area contributed by atoms with Crippen LogP contribution in [-0.2, 0) is 25.7 Å². The molecule has 1 aromatic carbocycles. The molecule has 2 amide bonds. The van der Waals surface area contributed by atoms with Crippen molar-refractivity contribution in [3.05, 3.63) is 35.9 Å². The molecule has 2 atom stereocenters. The van der Waals surface area contributed by atoms with Crippen LogP contribution in [0.3, 0.4) is 0 Å². The van der Waals surface area contributed by atoms with Gasteiger partial charge in [-0.3, -0.25) is 4.79 Å². The van der Waals surface area contributed by atoms with Crippen LogP contribution in [0.1, 0.15) is 46.1 Å². The summed E-state index contributed by atoms with van der Waals surface area (Å²) < 4.78 is 10.5. The van der Waals surface area contributed by atoms with Crippen molar-refractivity contribution in [1.82, 2.24) is 10.2 Å². The number of rotatable bonds is 5. The van der Waals surface area contributed by atoms with Crippen LogP contribution in [0.15, 0.2) is 30.3 Å². The van der Waals surface area contributed by atoms with Crippen molar-refractivity contribution in [3.8, 4) is 0 Å². The molecule has 148 valence electrons. The molecule has 0 saturated carbocycles. The average Bonchev–Trinajstić information content (AvgIpc) is 3.07. The smallest absolute Gasteiger partial charge is 0.408 e. The third-order valence-electron chi connectivity index (χ3n) is 4.14. The molecule has 0 bridgehead atoms. The lowest BCUT2D eigenvalue weighted by molar-refractivity contribution is -0.154. The molecule has 1 N–H and O–H groups in total. The van der Waals surface area contributed by atoms with Crippen molar-refractivity contribution in [1.29, 1.82) is 0 Å². The fourth-order valence-corrected chi connectivity index (χ4v) is 2.90. The Morgan fingerprint density at radius 2 is 1.89 bits per heavy atom. The number of ether oxygens (including phenoxy) is 2. The maximum Gasteiger partial charge on any atom is 0.408 e. The van der Waals surface area contributed by atoms with Crippen LogP contribution in [-0.4, -0.2) is 47.1 Å². The Labute approximate surface area is 160 Å². The quantitative estimate of drug-likeness (QED) is 0.799. The van der Waals surface area contributed by atoms with E-state index >= 15 is 0 Å². The van der Waals surface area contributed by atoms with Crippen LogP contribution in [0.5, 0.6) is 0 Å². The first kappa shape index (κ1) is 20.7. The fraction of sp³-hybridized carbons (Fsp3) is 0.550. The lowest BCUT2D eigenvalue weighted by atomic mass is 10.2. The fourth-order valence-electron chi connectivity index (χ4n) is 2.90. The second-order valence-corrected chi connectivity index (χ2v) is 7.65. The normalized spacial score (nSPS) is 17.9. The SMILES string of the molecule is CC(NC(=O)OC(C)(C)C)C(=O)N1CCCC1C(=O)OCc1ccccc1. The van der Waals surface area contributed by atoms with Crippen molar-refractivity contribution < 1.29 is 23.9 Å².